The predicted octanol–water partition coefficient (Wildman–Crippen LogP) is 4.33. The Kier molecular flexibility index (Phi) is 3.66. The third-order valence-electron chi connectivity index (χ3n) is 4.27. The van der Waals surface area contributed by atoms with Crippen LogP contribution in [0.25, 0.3) is 0 Å². The molecule has 1 aliphatic heterocycles. The van der Waals surface area contributed by atoms with Gasteiger partial charge in [-0.05, 0) is 35.8 Å². The summed E-state index contributed by atoms with van der Waals surface area (Å²) in [6, 6.07) is 15.5. The number of likely N-dealkylation sites (N-methyl/N-ethyl adjacent to an activating group) is 1. The van der Waals surface area contributed by atoms with Gasteiger partial charge in [-0.3, -0.25) is 4.79 Å². The van der Waals surface area contributed by atoms with Crippen molar-refractivity contribution in [1.82, 2.24) is 0 Å². The number of allylic oxidation sites excluding steroid dienone is 1. The largest absolute Gasteiger partial charge is 0.314 e. The van der Waals surface area contributed by atoms with Gasteiger partial charge in [0, 0.05) is 17.8 Å². The molecule has 0 spiro atoms. The minimum absolute atomic E-state index is 0.0440. The molecular formula is C19H16ClNO. The quantitative estimate of drug-likeness (QED) is 0.773. The Bertz CT molecular complexity index is 777. The van der Waals surface area contributed by atoms with E-state index in [1.54, 1.807) is 11.9 Å². The average Bonchev–Trinajstić information content (AvgIpc) is 2.76. The van der Waals surface area contributed by atoms with Crippen LogP contribution in [0.2, 0.25) is 5.02 Å². The second kappa shape index (κ2) is 5.49. The van der Waals surface area contributed by atoms with E-state index >= 15 is 0 Å². The van der Waals surface area contributed by atoms with Gasteiger partial charge in [0.2, 0.25) is 5.91 Å². The fraction of sp³-hybridized carbons (Fsp3) is 0.158. The lowest BCUT2D eigenvalue weighted by Gasteiger charge is -2.27. The summed E-state index contributed by atoms with van der Waals surface area (Å²) in [7, 11) is 1.79. The maximum atomic E-state index is 13.1. The van der Waals surface area contributed by atoms with E-state index in [0.717, 1.165) is 16.8 Å². The van der Waals surface area contributed by atoms with E-state index in [2.05, 4.69) is 12.3 Å². The number of hydrogen-bond acceptors (Lipinski definition) is 1. The van der Waals surface area contributed by atoms with Crippen LogP contribution in [0.5, 0.6) is 0 Å². The van der Waals surface area contributed by atoms with Gasteiger partial charge in [-0.2, -0.15) is 0 Å². The lowest BCUT2D eigenvalue weighted by Crippen LogP contribution is -2.39. The predicted molar refractivity (Wildman–Crippen MR) is 90.4 cm³/mol. The molecule has 2 aromatic rings. The van der Waals surface area contributed by atoms with Crippen molar-refractivity contribution in [2.75, 3.05) is 11.9 Å². The normalized spacial score (nSPS) is 19.7. The van der Waals surface area contributed by atoms with Crippen molar-refractivity contribution in [1.29, 1.82) is 0 Å². The summed E-state index contributed by atoms with van der Waals surface area (Å²) in [4.78, 5) is 14.8. The molecule has 1 heterocycles. The van der Waals surface area contributed by atoms with E-state index < -0.39 is 5.41 Å². The molecule has 0 saturated carbocycles. The Hall–Kier alpha value is -2.28. The van der Waals surface area contributed by atoms with Crippen LogP contribution in [0, 0.1) is 0 Å². The molecule has 2 nitrogen and oxygen atoms in total. The van der Waals surface area contributed by atoms with Gasteiger partial charge in [-0.25, -0.2) is 0 Å². The topological polar surface area (TPSA) is 20.3 Å². The molecule has 3 heteroatoms. The third kappa shape index (κ3) is 2.00. The number of carbonyl (C=O) groups excluding carboxylic acids is 1. The zero-order valence-electron chi connectivity index (χ0n) is 12.3. The summed E-state index contributed by atoms with van der Waals surface area (Å²) in [5.41, 5.74) is 4.87. The third-order valence-corrected chi connectivity index (χ3v) is 4.50. The van der Waals surface area contributed by atoms with Crippen LogP contribution in [0.1, 0.15) is 17.5 Å². The molecule has 0 aromatic heterocycles. The van der Waals surface area contributed by atoms with Gasteiger partial charge in [0.25, 0.3) is 0 Å². The van der Waals surface area contributed by atoms with Gasteiger partial charge in [0.1, 0.15) is 5.41 Å². The van der Waals surface area contributed by atoms with E-state index in [9.17, 15) is 4.79 Å². The molecule has 110 valence electrons. The molecule has 0 aliphatic carbocycles. The van der Waals surface area contributed by atoms with Crippen molar-refractivity contribution in [3.8, 4) is 0 Å². The zero-order valence-corrected chi connectivity index (χ0v) is 13.1. The van der Waals surface area contributed by atoms with Crippen molar-refractivity contribution >= 4 is 23.2 Å². The maximum absolute atomic E-state index is 13.1. The highest BCUT2D eigenvalue weighted by molar-refractivity contribution is 6.31. The van der Waals surface area contributed by atoms with Crippen LogP contribution in [0.4, 0.5) is 5.69 Å². The Labute approximate surface area is 135 Å². The van der Waals surface area contributed by atoms with Crippen LogP contribution in [-0.4, -0.2) is 13.0 Å². The number of benzene rings is 2. The van der Waals surface area contributed by atoms with Crippen molar-refractivity contribution in [2.45, 2.75) is 11.8 Å². The summed E-state index contributed by atoms with van der Waals surface area (Å²) in [6.45, 7) is 3.63. The molecule has 1 atom stereocenters. The Balaban J connectivity index is 2.31. The van der Waals surface area contributed by atoms with E-state index in [0.29, 0.717) is 11.4 Å². The van der Waals surface area contributed by atoms with Crippen molar-refractivity contribution in [2.24, 2.45) is 0 Å². The molecule has 3 rings (SSSR count). The highest BCUT2D eigenvalue weighted by Crippen LogP contribution is 2.48. The minimum atomic E-state index is -0.735. The highest BCUT2D eigenvalue weighted by atomic mass is 35.5. The monoisotopic (exact) mass is 309 g/mol. The van der Waals surface area contributed by atoms with Crippen LogP contribution in [0.15, 0.2) is 66.9 Å². The first-order valence-corrected chi connectivity index (χ1v) is 7.47. The lowest BCUT2D eigenvalue weighted by atomic mass is 9.73. The fourth-order valence-electron chi connectivity index (χ4n) is 3.20. The number of hydrogen-bond donors (Lipinski definition) is 0. The van der Waals surface area contributed by atoms with E-state index in [1.807, 2.05) is 54.6 Å². The number of halogens is 1. The van der Waals surface area contributed by atoms with E-state index in [-0.39, 0.29) is 5.91 Å². The van der Waals surface area contributed by atoms with Gasteiger partial charge in [-0.1, -0.05) is 54.6 Å². The van der Waals surface area contributed by atoms with Crippen LogP contribution in [-0.2, 0) is 10.2 Å². The number of carbonyl (C=O) groups is 1. The molecule has 0 N–H and O–H groups in total. The molecule has 1 amide bonds. The van der Waals surface area contributed by atoms with Gasteiger partial charge < -0.3 is 4.90 Å². The zero-order chi connectivity index (χ0) is 15.7. The minimum Gasteiger partial charge on any atom is -0.314 e. The number of rotatable bonds is 3. The molecule has 0 bridgehead atoms. The summed E-state index contributed by atoms with van der Waals surface area (Å²) in [5, 5.41) is 0.626. The number of fused-ring (bicyclic) bond motifs is 1. The molecule has 0 radical (unpaired) electrons. The summed E-state index contributed by atoms with van der Waals surface area (Å²) in [6.07, 6.45) is 2.35. The molecule has 1 unspecified atom stereocenters. The fourth-order valence-corrected chi connectivity index (χ4v) is 3.36. The van der Waals surface area contributed by atoms with Crippen LogP contribution < -0.4 is 4.90 Å². The van der Waals surface area contributed by atoms with Gasteiger partial charge in [0.05, 0.1) is 0 Å². The van der Waals surface area contributed by atoms with Crippen molar-refractivity contribution < 1.29 is 4.79 Å². The summed E-state index contributed by atoms with van der Waals surface area (Å²) in [5.74, 6) is 0.0440. The van der Waals surface area contributed by atoms with E-state index in [4.69, 9.17) is 11.6 Å². The van der Waals surface area contributed by atoms with Crippen molar-refractivity contribution in [3.05, 3.63) is 83.1 Å². The lowest BCUT2D eigenvalue weighted by molar-refractivity contribution is -0.121. The smallest absolute Gasteiger partial charge is 0.242 e. The molecule has 1 aliphatic rings. The van der Waals surface area contributed by atoms with Crippen LogP contribution >= 0.6 is 11.6 Å². The number of anilines is 1. The molecule has 2 aromatic carbocycles. The van der Waals surface area contributed by atoms with Gasteiger partial charge in [0.15, 0.2) is 0 Å². The number of amides is 1. The summed E-state index contributed by atoms with van der Waals surface area (Å²) < 4.78 is 0. The molecule has 0 fully saturated rings. The average molecular weight is 310 g/mol. The van der Waals surface area contributed by atoms with Crippen LogP contribution in [0.3, 0.4) is 0 Å². The second-order valence-corrected chi connectivity index (χ2v) is 5.85. The second-order valence-electron chi connectivity index (χ2n) is 5.41. The van der Waals surface area contributed by atoms with E-state index in [1.165, 1.54) is 0 Å². The standard InChI is InChI=1S/C19H16ClNO/c1-3-4-12-19(14-8-6-5-7-9-14)16-11-10-15(20)13-17(16)21(2)18(19)22/h4-11,13H,1,12H2,2H3. The van der Waals surface area contributed by atoms with Gasteiger partial charge >= 0.3 is 0 Å². The first kappa shape index (κ1) is 14.6. The maximum Gasteiger partial charge on any atom is 0.242 e. The highest BCUT2D eigenvalue weighted by Gasteiger charge is 2.50. The summed E-state index contributed by atoms with van der Waals surface area (Å²) >= 11 is 6.11. The number of nitrogens with zero attached hydrogens (tertiary/aromatic N) is 1. The first-order valence-electron chi connectivity index (χ1n) is 7.09. The molecule has 0 saturated heterocycles. The SMILES string of the molecule is C=C=CCC1(c2ccccc2)C(=O)N(C)c2cc(Cl)ccc21. The molecular weight excluding hydrogens is 294 g/mol. The Morgan fingerprint density at radius 2 is 2.00 bits per heavy atom. The molecule has 22 heavy (non-hydrogen) atoms. The Morgan fingerprint density at radius 1 is 1.27 bits per heavy atom. The first-order chi connectivity index (χ1) is 10.6. The Morgan fingerprint density at radius 3 is 2.68 bits per heavy atom. The van der Waals surface area contributed by atoms with Crippen molar-refractivity contribution in [3.63, 3.8) is 0 Å². The van der Waals surface area contributed by atoms with Gasteiger partial charge in [-0.15, -0.1) is 5.73 Å².